The molecule has 44 heavy (non-hydrogen) atoms. The van der Waals surface area contributed by atoms with Gasteiger partial charge in [0.15, 0.2) is 0 Å². The third-order valence-corrected chi connectivity index (χ3v) is 9.58. The van der Waals surface area contributed by atoms with Crippen LogP contribution in [0.4, 0.5) is 20.3 Å². The molecule has 2 aliphatic rings. The van der Waals surface area contributed by atoms with E-state index in [2.05, 4.69) is 21.1 Å². The van der Waals surface area contributed by atoms with Crippen molar-refractivity contribution in [3.05, 3.63) is 76.5 Å². The summed E-state index contributed by atoms with van der Waals surface area (Å²) in [7, 11) is -4.11. The maximum Gasteiger partial charge on any atom is 0.237 e. The van der Waals surface area contributed by atoms with Gasteiger partial charge in [-0.05, 0) is 56.4 Å². The molecule has 4 N–H and O–H groups in total. The quantitative estimate of drug-likeness (QED) is 0.203. The summed E-state index contributed by atoms with van der Waals surface area (Å²) in [6.07, 6.45) is 6.48. The zero-order valence-corrected chi connectivity index (χ0v) is 25.9. The molecule has 4 aromatic rings. The van der Waals surface area contributed by atoms with Crippen LogP contribution in [-0.4, -0.2) is 48.5 Å². The van der Waals surface area contributed by atoms with Crippen molar-refractivity contribution in [2.75, 3.05) is 23.7 Å². The molecule has 0 radical (unpaired) electrons. The third kappa shape index (κ3) is 6.03. The number of hydrogen-bond donors (Lipinski definition) is 3. The number of nitrogens with zero attached hydrogens (tertiary/aromatic N) is 3. The molecule has 0 amide bonds. The molecule has 2 aromatic heterocycles. The smallest absolute Gasteiger partial charge is 0.237 e. The van der Waals surface area contributed by atoms with Gasteiger partial charge in [-0.25, -0.2) is 22.2 Å². The summed E-state index contributed by atoms with van der Waals surface area (Å²) in [5.41, 5.74) is 8.77. The van der Waals surface area contributed by atoms with Crippen molar-refractivity contribution in [3.8, 4) is 11.3 Å². The highest BCUT2D eigenvalue weighted by Gasteiger charge is 2.28. The normalized spacial score (nSPS) is 17.6. The Morgan fingerprint density at radius 1 is 1.14 bits per heavy atom. The van der Waals surface area contributed by atoms with E-state index in [4.69, 9.17) is 27.2 Å². The standard InChI is InChI=1S/C31H33ClF2N6O3S/c1-17(2)40-30-23(18-7-9-20(10-8-18)37-21-14-43-15-21)13-36-31(35)28(30)29(38-40)22-11-26(34)27(12-25(22)33)39-44(41,42)16-19-5-3-4-6-24(19)32/h3-7,11-13,17,20-21,37,39H,8-10,14-16H2,1-2H3,(H2,35,36). The lowest BCUT2D eigenvalue weighted by molar-refractivity contribution is -0.0103. The van der Waals surface area contributed by atoms with E-state index in [0.717, 1.165) is 55.7 Å². The van der Waals surface area contributed by atoms with Crippen molar-refractivity contribution in [2.24, 2.45) is 0 Å². The van der Waals surface area contributed by atoms with E-state index < -0.39 is 33.1 Å². The van der Waals surface area contributed by atoms with E-state index in [-0.39, 0.29) is 28.1 Å². The summed E-state index contributed by atoms with van der Waals surface area (Å²) in [6.45, 7) is 5.36. The van der Waals surface area contributed by atoms with Gasteiger partial charge in [-0.2, -0.15) is 5.10 Å². The van der Waals surface area contributed by atoms with Gasteiger partial charge < -0.3 is 15.8 Å². The van der Waals surface area contributed by atoms with Gasteiger partial charge in [0.1, 0.15) is 23.1 Å². The first-order valence-electron chi connectivity index (χ1n) is 14.4. The van der Waals surface area contributed by atoms with Crippen LogP contribution in [-0.2, 0) is 20.5 Å². The lowest BCUT2D eigenvalue weighted by Gasteiger charge is -2.33. The van der Waals surface area contributed by atoms with Crippen LogP contribution in [0.25, 0.3) is 27.7 Å². The summed E-state index contributed by atoms with van der Waals surface area (Å²) in [6, 6.07) is 8.77. The van der Waals surface area contributed by atoms with Gasteiger partial charge in [0, 0.05) is 40.5 Å². The number of nitrogen functional groups attached to an aromatic ring is 1. The average molecular weight is 643 g/mol. The Morgan fingerprint density at radius 3 is 2.57 bits per heavy atom. The molecule has 1 unspecified atom stereocenters. The largest absolute Gasteiger partial charge is 0.383 e. The van der Waals surface area contributed by atoms with E-state index in [9.17, 15) is 8.42 Å². The number of nitrogens with one attached hydrogen (secondary N) is 2. The van der Waals surface area contributed by atoms with Crippen molar-refractivity contribution >= 4 is 49.6 Å². The SMILES string of the molecule is CC(C)n1nc(-c2cc(F)c(NS(=O)(=O)Cc3ccccc3Cl)cc2F)c2c(N)ncc(C3=CCC(NC4COC4)CC3)c21. The van der Waals surface area contributed by atoms with Gasteiger partial charge in [-0.1, -0.05) is 35.9 Å². The van der Waals surface area contributed by atoms with Crippen LogP contribution >= 0.6 is 11.6 Å². The second-order valence-electron chi connectivity index (χ2n) is 11.5. The number of benzene rings is 2. The van der Waals surface area contributed by atoms with Crippen LogP contribution in [0.5, 0.6) is 0 Å². The molecule has 13 heteroatoms. The topological polar surface area (TPSA) is 124 Å². The van der Waals surface area contributed by atoms with Crippen LogP contribution in [0.15, 0.2) is 48.7 Å². The molecular formula is C31H33ClF2N6O3S. The minimum atomic E-state index is -4.11. The number of rotatable bonds is 9. The second kappa shape index (κ2) is 12.1. The fraction of sp³-hybridized carbons (Fsp3) is 0.355. The van der Waals surface area contributed by atoms with Gasteiger partial charge in [0.05, 0.1) is 41.6 Å². The highest BCUT2D eigenvalue weighted by molar-refractivity contribution is 7.91. The Morgan fingerprint density at radius 2 is 1.91 bits per heavy atom. The van der Waals surface area contributed by atoms with Crippen LogP contribution in [0.3, 0.4) is 0 Å². The van der Waals surface area contributed by atoms with E-state index in [1.54, 1.807) is 35.1 Å². The molecule has 1 aliphatic carbocycles. The third-order valence-electron chi connectivity index (χ3n) is 7.99. The summed E-state index contributed by atoms with van der Waals surface area (Å²) in [4.78, 5) is 4.43. The number of sulfonamides is 1. The van der Waals surface area contributed by atoms with Crippen LogP contribution in [0.1, 0.15) is 50.3 Å². The predicted molar refractivity (Wildman–Crippen MR) is 169 cm³/mol. The highest BCUT2D eigenvalue weighted by atomic mass is 35.5. The van der Waals surface area contributed by atoms with E-state index in [1.165, 1.54) is 0 Å². The van der Waals surface area contributed by atoms with Gasteiger partial charge in [-0.15, -0.1) is 0 Å². The first-order chi connectivity index (χ1) is 21.0. The average Bonchev–Trinajstić information content (AvgIpc) is 3.36. The molecule has 9 nitrogen and oxygen atoms in total. The van der Waals surface area contributed by atoms with Gasteiger partial charge in [-0.3, -0.25) is 9.40 Å². The molecular weight excluding hydrogens is 610 g/mol. The number of nitrogens with two attached hydrogens (primary N) is 1. The first-order valence-corrected chi connectivity index (χ1v) is 16.5. The lowest BCUT2D eigenvalue weighted by atomic mass is 9.89. The maximum absolute atomic E-state index is 15.7. The fourth-order valence-corrected chi connectivity index (χ4v) is 7.22. The van der Waals surface area contributed by atoms with Crippen LogP contribution in [0.2, 0.25) is 5.02 Å². The summed E-state index contributed by atoms with van der Waals surface area (Å²) >= 11 is 6.09. The fourth-order valence-electron chi connectivity index (χ4n) is 5.72. The Labute approximate surface area is 259 Å². The van der Waals surface area contributed by atoms with E-state index >= 15 is 8.78 Å². The van der Waals surface area contributed by atoms with Gasteiger partial charge in [0.25, 0.3) is 0 Å². The number of aromatic nitrogens is 3. The van der Waals surface area contributed by atoms with Crippen LogP contribution < -0.4 is 15.8 Å². The monoisotopic (exact) mass is 642 g/mol. The Balaban J connectivity index is 1.35. The number of allylic oxidation sites excluding steroid dienone is 1. The van der Waals surface area contributed by atoms with Gasteiger partial charge in [0.2, 0.25) is 10.0 Å². The number of anilines is 2. The molecule has 1 aliphatic heterocycles. The summed E-state index contributed by atoms with van der Waals surface area (Å²) in [5.74, 6) is -2.21. The van der Waals surface area contributed by atoms with Crippen molar-refractivity contribution in [3.63, 3.8) is 0 Å². The number of ether oxygens (including phenoxy) is 1. The number of halogens is 3. The number of hydrogen-bond acceptors (Lipinski definition) is 7. The zero-order valence-electron chi connectivity index (χ0n) is 24.3. The maximum atomic E-state index is 15.7. The molecule has 0 spiro atoms. The minimum Gasteiger partial charge on any atom is -0.383 e. The second-order valence-corrected chi connectivity index (χ2v) is 13.7. The van der Waals surface area contributed by atoms with Gasteiger partial charge >= 0.3 is 0 Å². The Hall–Kier alpha value is -3.58. The summed E-state index contributed by atoms with van der Waals surface area (Å²) in [5, 5.41) is 8.99. The Bertz CT molecular complexity index is 1870. The van der Waals surface area contributed by atoms with E-state index in [1.807, 2.05) is 13.8 Å². The molecule has 232 valence electrons. The van der Waals surface area contributed by atoms with Crippen molar-refractivity contribution in [2.45, 2.75) is 57.0 Å². The predicted octanol–water partition coefficient (Wildman–Crippen LogP) is 6.06. The molecule has 0 bridgehead atoms. The molecule has 1 atom stereocenters. The summed E-state index contributed by atoms with van der Waals surface area (Å²) < 4.78 is 65.9. The molecule has 2 aromatic carbocycles. The van der Waals surface area contributed by atoms with Crippen molar-refractivity contribution in [1.82, 2.24) is 20.1 Å². The van der Waals surface area contributed by atoms with Crippen molar-refractivity contribution in [1.29, 1.82) is 0 Å². The number of fused-ring (bicyclic) bond motifs is 1. The molecule has 1 saturated heterocycles. The lowest BCUT2D eigenvalue weighted by Crippen LogP contribution is -2.50. The number of pyridine rings is 1. The molecule has 3 heterocycles. The molecule has 1 fully saturated rings. The minimum absolute atomic E-state index is 0.128. The molecule has 6 rings (SSSR count). The zero-order chi connectivity index (χ0) is 31.2. The molecule has 0 saturated carbocycles. The Kier molecular flexibility index (Phi) is 8.35. The van der Waals surface area contributed by atoms with Crippen molar-refractivity contribution < 1.29 is 21.9 Å². The van der Waals surface area contributed by atoms with E-state index in [0.29, 0.717) is 28.6 Å². The highest BCUT2D eigenvalue weighted by Crippen LogP contribution is 2.40. The first kappa shape index (κ1) is 30.4. The van der Waals surface area contributed by atoms with Crippen LogP contribution in [0, 0.1) is 11.6 Å².